The minimum absolute atomic E-state index is 0.373. The first-order valence-electron chi connectivity index (χ1n) is 4.75. The van der Waals surface area contributed by atoms with E-state index in [-0.39, 0.29) is 0 Å². The van der Waals surface area contributed by atoms with Gasteiger partial charge in [0.2, 0.25) is 0 Å². The molecule has 1 rings (SSSR count). The second-order valence-electron chi connectivity index (χ2n) is 3.03. The first-order valence-corrected chi connectivity index (χ1v) is 5.95. The minimum Gasteiger partial charge on any atom is -0.385 e. The molecule has 4 heteroatoms. The van der Waals surface area contributed by atoms with Crippen molar-refractivity contribution >= 4 is 22.9 Å². The largest absolute Gasteiger partial charge is 0.385 e. The monoisotopic (exact) mass is 233 g/mol. The lowest BCUT2D eigenvalue weighted by Gasteiger charge is -2.15. The first-order chi connectivity index (χ1) is 6.77. The molecule has 0 fully saturated rings. The van der Waals surface area contributed by atoms with Gasteiger partial charge in [-0.05, 0) is 25.1 Å². The van der Waals surface area contributed by atoms with Crippen molar-refractivity contribution in [3.05, 3.63) is 21.3 Å². The molecule has 1 N–H and O–H groups in total. The summed E-state index contributed by atoms with van der Waals surface area (Å²) in [6.45, 7) is 3.84. The Balaban J connectivity index is 2.57. The van der Waals surface area contributed by atoms with Crippen LogP contribution in [0.2, 0.25) is 4.34 Å². The van der Waals surface area contributed by atoms with E-state index in [0.717, 1.165) is 23.9 Å². The van der Waals surface area contributed by atoms with Gasteiger partial charge in [-0.1, -0.05) is 18.5 Å². The van der Waals surface area contributed by atoms with Crippen molar-refractivity contribution in [1.29, 1.82) is 0 Å². The molecule has 0 saturated carbocycles. The van der Waals surface area contributed by atoms with E-state index in [9.17, 15) is 0 Å². The Morgan fingerprint density at radius 3 is 2.86 bits per heavy atom. The quantitative estimate of drug-likeness (QED) is 0.816. The van der Waals surface area contributed by atoms with E-state index in [4.69, 9.17) is 16.3 Å². The molecule has 0 spiro atoms. The molecule has 1 unspecified atom stereocenters. The zero-order valence-electron chi connectivity index (χ0n) is 8.55. The normalized spacial score (nSPS) is 13.1. The molecular weight excluding hydrogens is 218 g/mol. The summed E-state index contributed by atoms with van der Waals surface area (Å²) in [5.41, 5.74) is 0. The smallest absolute Gasteiger partial charge is 0.0931 e. The Hall–Kier alpha value is -0.0900. The Kier molecular flexibility index (Phi) is 5.48. The molecule has 1 heterocycles. The van der Waals surface area contributed by atoms with Crippen LogP contribution in [0.5, 0.6) is 0 Å². The van der Waals surface area contributed by atoms with Crippen LogP contribution in [0.1, 0.15) is 24.3 Å². The second kappa shape index (κ2) is 6.40. The topological polar surface area (TPSA) is 21.3 Å². The second-order valence-corrected chi connectivity index (χ2v) is 4.78. The third kappa shape index (κ3) is 3.58. The van der Waals surface area contributed by atoms with Gasteiger partial charge in [-0.2, -0.15) is 0 Å². The van der Waals surface area contributed by atoms with Crippen LogP contribution in [0, 0.1) is 0 Å². The summed E-state index contributed by atoms with van der Waals surface area (Å²) >= 11 is 7.53. The molecule has 0 saturated heterocycles. The molecule has 0 aliphatic carbocycles. The maximum atomic E-state index is 5.90. The van der Waals surface area contributed by atoms with Gasteiger partial charge in [0.15, 0.2) is 0 Å². The molecule has 0 aliphatic heterocycles. The molecule has 0 bridgehead atoms. The third-order valence-corrected chi connectivity index (χ3v) is 3.34. The summed E-state index contributed by atoms with van der Waals surface area (Å²) in [6.07, 6.45) is 0.987. The predicted octanol–water partition coefficient (Wildman–Crippen LogP) is 3.09. The molecule has 2 nitrogen and oxygen atoms in total. The van der Waals surface area contributed by atoms with E-state index in [1.54, 1.807) is 18.4 Å². The zero-order chi connectivity index (χ0) is 10.4. The molecule has 1 atom stereocenters. The lowest BCUT2D eigenvalue weighted by molar-refractivity contribution is 0.183. The lowest BCUT2D eigenvalue weighted by atomic mass is 10.2. The highest BCUT2D eigenvalue weighted by Gasteiger charge is 2.11. The zero-order valence-corrected chi connectivity index (χ0v) is 10.1. The van der Waals surface area contributed by atoms with Gasteiger partial charge in [0, 0.05) is 24.6 Å². The fraction of sp³-hybridized carbons (Fsp3) is 0.600. The molecular formula is C10H16ClNOS. The highest BCUT2D eigenvalue weighted by molar-refractivity contribution is 7.16. The van der Waals surface area contributed by atoms with Gasteiger partial charge < -0.3 is 10.1 Å². The van der Waals surface area contributed by atoms with Gasteiger partial charge in [0.05, 0.1) is 4.34 Å². The molecule has 0 aliphatic rings. The highest BCUT2D eigenvalue weighted by Crippen LogP contribution is 2.28. The highest BCUT2D eigenvalue weighted by atomic mass is 35.5. The molecule has 0 radical (unpaired) electrons. The summed E-state index contributed by atoms with van der Waals surface area (Å²) in [4.78, 5) is 1.29. The Morgan fingerprint density at radius 2 is 2.36 bits per heavy atom. The number of nitrogens with one attached hydrogen (secondary N) is 1. The van der Waals surface area contributed by atoms with Crippen molar-refractivity contribution in [3.8, 4) is 0 Å². The van der Waals surface area contributed by atoms with Crippen LogP contribution in [0.25, 0.3) is 0 Å². The van der Waals surface area contributed by atoms with Crippen LogP contribution in [0.15, 0.2) is 12.1 Å². The predicted molar refractivity (Wildman–Crippen MR) is 62.2 cm³/mol. The van der Waals surface area contributed by atoms with Crippen molar-refractivity contribution in [3.63, 3.8) is 0 Å². The van der Waals surface area contributed by atoms with Crippen LogP contribution in [0.4, 0.5) is 0 Å². The van der Waals surface area contributed by atoms with Gasteiger partial charge in [0.25, 0.3) is 0 Å². The summed E-state index contributed by atoms with van der Waals surface area (Å²) in [7, 11) is 1.73. The van der Waals surface area contributed by atoms with Crippen LogP contribution in [-0.4, -0.2) is 20.3 Å². The standard InChI is InChI=1S/C10H16ClNOS/c1-3-12-8(6-7-13-2)9-4-5-10(11)14-9/h4-5,8,12H,3,6-7H2,1-2H3. The molecule has 1 aromatic rings. The van der Waals surface area contributed by atoms with Crippen LogP contribution in [-0.2, 0) is 4.74 Å². The summed E-state index contributed by atoms with van der Waals surface area (Å²) in [5, 5.41) is 3.42. The number of rotatable bonds is 6. The van der Waals surface area contributed by atoms with Crippen molar-refractivity contribution in [2.75, 3.05) is 20.3 Å². The number of hydrogen-bond donors (Lipinski definition) is 1. The van der Waals surface area contributed by atoms with E-state index in [1.807, 2.05) is 6.07 Å². The van der Waals surface area contributed by atoms with Gasteiger partial charge in [-0.25, -0.2) is 0 Å². The Labute approximate surface area is 94.2 Å². The van der Waals surface area contributed by atoms with E-state index < -0.39 is 0 Å². The molecule has 1 aromatic heterocycles. The van der Waals surface area contributed by atoms with Crippen LogP contribution < -0.4 is 5.32 Å². The van der Waals surface area contributed by atoms with E-state index in [1.165, 1.54) is 4.88 Å². The Bertz CT molecular complexity index is 264. The van der Waals surface area contributed by atoms with E-state index >= 15 is 0 Å². The van der Waals surface area contributed by atoms with Crippen molar-refractivity contribution in [2.24, 2.45) is 0 Å². The summed E-state index contributed by atoms with van der Waals surface area (Å²) in [6, 6.07) is 4.40. The number of thiophene rings is 1. The van der Waals surface area contributed by atoms with Gasteiger partial charge in [0.1, 0.15) is 0 Å². The number of methoxy groups -OCH3 is 1. The maximum absolute atomic E-state index is 5.90. The third-order valence-electron chi connectivity index (χ3n) is 2.00. The van der Waals surface area contributed by atoms with Crippen LogP contribution in [0.3, 0.4) is 0 Å². The Morgan fingerprint density at radius 1 is 1.57 bits per heavy atom. The van der Waals surface area contributed by atoms with Crippen molar-refractivity contribution < 1.29 is 4.74 Å². The van der Waals surface area contributed by atoms with E-state index in [0.29, 0.717) is 6.04 Å². The first kappa shape index (κ1) is 12.0. The minimum atomic E-state index is 0.373. The molecule has 14 heavy (non-hydrogen) atoms. The van der Waals surface area contributed by atoms with Gasteiger partial charge in [-0.3, -0.25) is 0 Å². The number of hydrogen-bond acceptors (Lipinski definition) is 3. The van der Waals surface area contributed by atoms with Crippen molar-refractivity contribution in [1.82, 2.24) is 5.32 Å². The number of ether oxygens (including phenoxy) is 1. The SMILES string of the molecule is CCNC(CCOC)c1ccc(Cl)s1. The molecule has 80 valence electrons. The maximum Gasteiger partial charge on any atom is 0.0931 e. The fourth-order valence-electron chi connectivity index (χ4n) is 1.34. The molecule has 0 aromatic carbocycles. The average Bonchev–Trinajstić information content (AvgIpc) is 2.59. The molecule has 0 amide bonds. The summed E-state index contributed by atoms with van der Waals surface area (Å²) < 4.78 is 5.93. The van der Waals surface area contributed by atoms with Gasteiger partial charge >= 0.3 is 0 Å². The fourth-order valence-corrected chi connectivity index (χ4v) is 2.51. The summed E-state index contributed by atoms with van der Waals surface area (Å²) in [5.74, 6) is 0. The van der Waals surface area contributed by atoms with E-state index in [2.05, 4.69) is 18.3 Å². The van der Waals surface area contributed by atoms with Crippen LogP contribution >= 0.6 is 22.9 Å². The number of halogens is 1. The van der Waals surface area contributed by atoms with Gasteiger partial charge in [-0.15, -0.1) is 11.3 Å². The lowest BCUT2D eigenvalue weighted by Crippen LogP contribution is -2.21. The average molecular weight is 234 g/mol. The van der Waals surface area contributed by atoms with Crippen molar-refractivity contribution in [2.45, 2.75) is 19.4 Å².